The van der Waals surface area contributed by atoms with Gasteiger partial charge in [-0.05, 0) is 18.2 Å². The number of carbonyl (C=O) groups is 1. The van der Waals surface area contributed by atoms with Gasteiger partial charge in [-0.25, -0.2) is 9.37 Å². The van der Waals surface area contributed by atoms with Crippen molar-refractivity contribution in [2.24, 2.45) is 0 Å². The van der Waals surface area contributed by atoms with E-state index < -0.39 is 11.7 Å². The largest absolute Gasteiger partial charge is 0.497 e. The lowest BCUT2D eigenvalue weighted by atomic mass is 10.2. The fourth-order valence-corrected chi connectivity index (χ4v) is 1.87. The number of pyridine rings is 1. The highest BCUT2D eigenvalue weighted by Crippen LogP contribution is 2.27. The second-order valence-electron chi connectivity index (χ2n) is 4.07. The second kappa shape index (κ2) is 6.41. The molecular formula is C14H13ClFN3O2. The quantitative estimate of drug-likeness (QED) is 0.910. The minimum absolute atomic E-state index is 0.000566. The van der Waals surface area contributed by atoms with E-state index in [0.717, 1.165) is 0 Å². The van der Waals surface area contributed by atoms with Gasteiger partial charge in [-0.1, -0.05) is 11.6 Å². The van der Waals surface area contributed by atoms with Gasteiger partial charge < -0.3 is 15.4 Å². The maximum absolute atomic E-state index is 14.0. The van der Waals surface area contributed by atoms with Crippen LogP contribution in [0.1, 0.15) is 10.4 Å². The Bertz CT molecular complexity index is 679. The van der Waals surface area contributed by atoms with Crippen LogP contribution in [-0.4, -0.2) is 25.0 Å². The third-order valence-electron chi connectivity index (χ3n) is 2.79. The Morgan fingerprint density at radius 2 is 2.14 bits per heavy atom. The van der Waals surface area contributed by atoms with Crippen LogP contribution < -0.4 is 15.4 Å². The first kappa shape index (κ1) is 15.1. The molecule has 0 aliphatic rings. The molecule has 0 radical (unpaired) electrons. The van der Waals surface area contributed by atoms with E-state index in [0.29, 0.717) is 16.5 Å². The summed E-state index contributed by atoms with van der Waals surface area (Å²) in [5, 5.41) is 5.45. The molecule has 2 aromatic rings. The molecule has 1 heterocycles. The Morgan fingerprint density at radius 3 is 2.81 bits per heavy atom. The number of rotatable bonds is 4. The van der Waals surface area contributed by atoms with E-state index in [1.54, 1.807) is 18.2 Å². The number of carbonyl (C=O) groups excluding carboxylic acids is 1. The number of halogens is 2. The summed E-state index contributed by atoms with van der Waals surface area (Å²) in [6.45, 7) is 0. The number of anilines is 2. The van der Waals surface area contributed by atoms with Gasteiger partial charge in [0.2, 0.25) is 0 Å². The summed E-state index contributed by atoms with van der Waals surface area (Å²) in [5.74, 6) is -0.821. The van der Waals surface area contributed by atoms with E-state index in [2.05, 4.69) is 15.6 Å². The summed E-state index contributed by atoms with van der Waals surface area (Å²) in [5.41, 5.74) is 0.205. The Kier molecular flexibility index (Phi) is 4.59. The fourth-order valence-electron chi connectivity index (χ4n) is 1.71. The Hall–Kier alpha value is -2.34. The predicted molar refractivity (Wildman–Crippen MR) is 79.7 cm³/mol. The van der Waals surface area contributed by atoms with Crippen molar-refractivity contribution in [3.8, 4) is 5.75 Å². The minimum Gasteiger partial charge on any atom is -0.497 e. The molecule has 1 aromatic heterocycles. The maximum Gasteiger partial charge on any atom is 0.258 e. The van der Waals surface area contributed by atoms with Crippen LogP contribution in [0.5, 0.6) is 5.75 Å². The van der Waals surface area contributed by atoms with Crippen LogP contribution in [0.25, 0.3) is 0 Å². The van der Waals surface area contributed by atoms with Crippen LogP contribution in [0.15, 0.2) is 30.5 Å². The summed E-state index contributed by atoms with van der Waals surface area (Å²) in [4.78, 5) is 15.9. The molecule has 21 heavy (non-hydrogen) atoms. The van der Waals surface area contributed by atoms with E-state index in [-0.39, 0.29) is 11.4 Å². The number of aromatic nitrogens is 1. The lowest BCUT2D eigenvalue weighted by Gasteiger charge is -2.10. The molecule has 0 saturated carbocycles. The number of nitrogens with zero attached hydrogens (tertiary/aromatic N) is 1. The highest BCUT2D eigenvalue weighted by atomic mass is 35.5. The highest BCUT2D eigenvalue weighted by molar-refractivity contribution is 6.34. The van der Waals surface area contributed by atoms with Crippen LogP contribution in [0, 0.1) is 5.82 Å². The van der Waals surface area contributed by atoms with Crippen LogP contribution >= 0.6 is 11.6 Å². The number of nitrogens with one attached hydrogen (secondary N) is 2. The van der Waals surface area contributed by atoms with E-state index >= 15 is 0 Å². The number of ether oxygens (including phenoxy) is 1. The van der Waals surface area contributed by atoms with Crippen LogP contribution in [0.3, 0.4) is 0 Å². The number of hydrogen-bond acceptors (Lipinski definition) is 4. The topological polar surface area (TPSA) is 63.2 Å². The molecule has 1 aromatic carbocycles. The van der Waals surface area contributed by atoms with Crippen LogP contribution in [-0.2, 0) is 0 Å². The Balaban J connectivity index is 2.30. The van der Waals surface area contributed by atoms with Crippen molar-refractivity contribution >= 4 is 29.0 Å². The standard InChI is InChI=1S/C14H13ClFN3O2/c1-17-13-12(16)9(5-6-18-13)14(20)19-11-7-8(21-2)3-4-10(11)15/h3-7H,1-2H3,(H,17,18)(H,19,20). The molecule has 0 saturated heterocycles. The van der Waals surface area contributed by atoms with Gasteiger partial charge in [0.05, 0.1) is 23.4 Å². The van der Waals surface area contributed by atoms with Gasteiger partial charge >= 0.3 is 0 Å². The molecule has 0 bridgehead atoms. The molecule has 110 valence electrons. The number of benzene rings is 1. The van der Waals surface area contributed by atoms with Crippen molar-refractivity contribution in [3.63, 3.8) is 0 Å². The Morgan fingerprint density at radius 1 is 1.38 bits per heavy atom. The molecule has 0 atom stereocenters. The average Bonchev–Trinajstić information content (AvgIpc) is 2.49. The predicted octanol–water partition coefficient (Wildman–Crippen LogP) is 3.18. The van der Waals surface area contributed by atoms with Crippen molar-refractivity contribution in [3.05, 3.63) is 46.9 Å². The molecule has 2 rings (SSSR count). The number of hydrogen-bond donors (Lipinski definition) is 2. The molecule has 0 unspecified atom stereocenters. The van der Waals surface area contributed by atoms with Crippen molar-refractivity contribution in [1.29, 1.82) is 0 Å². The molecule has 5 nitrogen and oxygen atoms in total. The van der Waals surface area contributed by atoms with Gasteiger partial charge in [-0.3, -0.25) is 4.79 Å². The molecular weight excluding hydrogens is 297 g/mol. The molecule has 0 fully saturated rings. The summed E-state index contributed by atoms with van der Waals surface area (Å²) < 4.78 is 19.1. The normalized spacial score (nSPS) is 10.1. The lowest BCUT2D eigenvalue weighted by Crippen LogP contribution is -2.15. The maximum atomic E-state index is 14.0. The van der Waals surface area contributed by atoms with Gasteiger partial charge in [0, 0.05) is 19.3 Å². The zero-order chi connectivity index (χ0) is 15.4. The van der Waals surface area contributed by atoms with Crippen LogP contribution in [0.2, 0.25) is 5.02 Å². The van der Waals surface area contributed by atoms with Crippen LogP contribution in [0.4, 0.5) is 15.9 Å². The zero-order valence-electron chi connectivity index (χ0n) is 11.4. The molecule has 1 amide bonds. The lowest BCUT2D eigenvalue weighted by molar-refractivity contribution is 0.102. The molecule has 0 spiro atoms. The molecule has 2 N–H and O–H groups in total. The summed E-state index contributed by atoms with van der Waals surface area (Å²) in [7, 11) is 3.02. The van der Waals surface area contributed by atoms with Gasteiger partial charge in [0.25, 0.3) is 5.91 Å². The van der Waals surface area contributed by atoms with E-state index in [9.17, 15) is 9.18 Å². The van der Waals surface area contributed by atoms with Crippen molar-refractivity contribution in [2.45, 2.75) is 0 Å². The van der Waals surface area contributed by atoms with Crippen molar-refractivity contribution in [2.75, 3.05) is 24.8 Å². The molecule has 0 aliphatic carbocycles. The van der Waals surface area contributed by atoms with Gasteiger partial charge in [-0.2, -0.15) is 0 Å². The monoisotopic (exact) mass is 309 g/mol. The van der Waals surface area contributed by atoms with E-state index in [1.165, 1.54) is 26.4 Å². The van der Waals surface area contributed by atoms with E-state index in [1.807, 2.05) is 0 Å². The smallest absolute Gasteiger partial charge is 0.258 e. The van der Waals surface area contributed by atoms with Gasteiger partial charge in [0.1, 0.15) is 5.75 Å². The number of amides is 1. The first-order valence-corrected chi connectivity index (χ1v) is 6.41. The third kappa shape index (κ3) is 3.22. The molecule has 0 aliphatic heterocycles. The first-order valence-electron chi connectivity index (χ1n) is 6.04. The number of methoxy groups -OCH3 is 1. The van der Waals surface area contributed by atoms with Crippen molar-refractivity contribution < 1.29 is 13.9 Å². The third-order valence-corrected chi connectivity index (χ3v) is 3.12. The Labute approximate surface area is 126 Å². The summed E-state index contributed by atoms with van der Waals surface area (Å²) in [6.07, 6.45) is 1.34. The SMILES string of the molecule is CNc1nccc(C(=O)Nc2cc(OC)ccc2Cl)c1F. The van der Waals surface area contributed by atoms with E-state index in [4.69, 9.17) is 16.3 Å². The average molecular weight is 310 g/mol. The molecule has 7 heteroatoms. The summed E-state index contributed by atoms with van der Waals surface area (Å²) in [6, 6.07) is 6.08. The first-order chi connectivity index (χ1) is 10.1. The van der Waals surface area contributed by atoms with Gasteiger partial charge in [-0.15, -0.1) is 0 Å². The highest BCUT2D eigenvalue weighted by Gasteiger charge is 2.16. The zero-order valence-corrected chi connectivity index (χ0v) is 12.2. The fraction of sp³-hybridized carbons (Fsp3) is 0.143. The second-order valence-corrected chi connectivity index (χ2v) is 4.48. The summed E-state index contributed by atoms with van der Waals surface area (Å²) >= 11 is 5.99. The van der Waals surface area contributed by atoms with Crippen molar-refractivity contribution in [1.82, 2.24) is 4.98 Å². The van der Waals surface area contributed by atoms with Gasteiger partial charge in [0.15, 0.2) is 11.6 Å². The minimum atomic E-state index is -0.725.